The first kappa shape index (κ1) is 25.0. The molecule has 0 unspecified atom stereocenters. The van der Waals surface area contributed by atoms with E-state index in [0.717, 1.165) is 6.42 Å². The van der Waals surface area contributed by atoms with Crippen LogP contribution in [0.5, 0.6) is 17.2 Å². The van der Waals surface area contributed by atoms with Gasteiger partial charge in [-0.15, -0.1) is 0 Å². The third-order valence-electron chi connectivity index (χ3n) is 4.70. The Morgan fingerprint density at radius 2 is 1.14 bits per heavy atom. The fraction of sp³-hybridized carbons (Fsp3) is 0.185. The molecule has 178 valence electrons. The van der Waals surface area contributed by atoms with Gasteiger partial charge < -0.3 is 18.9 Å². The number of nitrogens with zero attached hydrogens (tertiary/aromatic N) is 1. The lowest BCUT2D eigenvalue weighted by atomic mass is 10.2. The van der Waals surface area contributed by atoms with Crippen molar-refractivity contribution >= 4 is 17.9 Å². The Labute approximate surface area is 202 Å². The van der Waals surface area contributed by atoms with Crippen LogP contribution < -0.4 is 14.2 Å². The van der Waals surface area contributed by atoms with Crippen molar-refractivity contribution in [2.75, 3.05) is 13.2 Å². The van der Waals surface area contributed by atoms with E-state index < -0.39 is 11.9 Å². The van der Waals surface area contributed by atoms with Crippen LogP contribution in [0.15, 0.2) is 72.8 Å². The summed E-state index contributed by atoms with van der Waals surface area (Å²) in [5.74, 6) is -0.219. The molecule has 35 heavy (non-hydrogen) atoms. The van der Waals surface area contributed by atoms with E-state index in [2.05, 4.69) is 0 Å². The molecule has 0 spiro atoms. The van der Waals surface area contributed by atoms with Crippen molar-refractivity contribution in [3.8, 4) is 23.3 Å². The van der Waals surface area contributed by atoms with Crippen molar-refractivity contribution in [1.29, 1.82) is 5.26 Å². The lowest BCUT2D eigenvalue weighted by Gasteiger charge is -2.08. The molecule has 8 heteroatoms. The topological polar surface area (TPSA) is 112 Å². The minimum Gasteiger partial charge on any atom is -0.494 e. The molecule has 0 aromatic heterocycles. The van der Waals surface area contributed by atoms with Crippen molar-refractivity contribution in [3.63, 3.8) is 0 Å². The van der Waals surface area contributed by atoms with Crippen LogP contribution in [-0.4, -0.2) is 31.1 Å². The van der Waals surface area contributed by atoms with Crippen LogP contribution >= 0.6 is 0 Å². The van der Waals surface area contributed by atoms with Gasteiger partial charge in [0.1, 0.15) is 17.2 Å². The van der Waals surface area contributed by atoms with Gasteiger partial charge in [-0.1, -0.05) is 0 Å². The molecule has 0 aliphatic carbocycles. The highest BCUT2D eigenvalue weighted by Crippen LogP contribution is 2.19. The molecule has 0 saturated carbocycles. The van der Waals surface area contributed by atoms with Crippen LogP contribution in [0.3, 0.4) is 0 Å². The van der Waals surface area contributed by atoms with Gasteiger partial charge in [0.2, 0.25) is 0 Å². The van der Waals surface area contributed by atoms with Crippen LogP contribution in [0.25, 0.3) is 0 Å². The zero-order valence-electron chi connectivity index (χ0n) is 19.1. The van der Waals surface area contributed by atoms with Gasteiger partial charge in [0.15, 0.2) is 0 Å². The summed E-state index contributed by atoms with van der Waals surface area (Å²) in [6, 6.07) is 20.7. The van der Waals surface area contributed by atoms with Gasteiger partial charge in [0, 0.05) is 6.92 Å². The summed E-state index contributed by atoms with van der Waals surface area (Å²) in [5, 5.41) is 8.82. The van der Waals surface area contributed by atoms with E-state index in [1.165, 1.54) is 43.3 Å². The number of benzene rings is 3. The Bertz CT molecular complexity index is 1190. The summed E-state index contributed by atoms with van der Waals surface area (Å²) in [4.78, 5) is 35.4. The van der Waals surface area contributed by atoms with Gasteiger partial charge in [0.25, 0.3) is 0 Å². The molecular weight excluding hydrogens is 450 g/mol. The highest BCUT2D eigenvalue weighted by molar-refractivity contribution is 5.92. The Morgan fingerprint density at radius 3 is 1.63 bits per heavy atom. The van der Waals surface area contributed by atoms with Gasteiger partial charge in [0.05, 0.1) is 36.0 Å². The number of esters is 3. The number of unbranched alkanes of at least 4 members (excludes halogenated alkanes) is 1. The maximum atomic E-state index is 12.4. The molecular formula is C27H23NO7. The Balaban J connectivity index is 1.46. The van der Waals surface area contributed by atoms with Crippen molar-refractivity contribution in [2.45, 2.75) is 19.8 Å². The highest BCUT2D eigenvalue weighted by atomic mass is 16.5. The zero-order chi connectivity index (χ0) is 25.0. The number of carbonyl (C=O) groups is 3. The number of nitriles is 1. The van der Waals surface area contributed by atoms with Gasteiger partial charge in [-0.2, -0.15) is 5.26 Å². The molecule has 0 radical (unpaired) electrons. The smallest absolute Gasteiger partial charge is 0.343 e. The number of rotatable bonds is 10. The summed E-state index contributed by atoms with van der Waals surface area (Å²) < 4.78 is 21.1. The predicted octanol–water partition coefficient (Wildman–Crippen LogP) is 4.72. The van der Waals surface area contributed by atoms with Gasteiger partial charge >= 0.3 is 17.9 Å². The summed E-state index contributed by atoms with van der Waals surface area (Å²) in [5.41, 5.74) is 1.09. The van der Waals surface area contributed by atoms with E-state index in [1.807, 2.05) is 6.07 Å². The second-order valence-electron chi connectivity index (χ2n) is 7.36. The van der Waals surface area contributed by atoms with Gasteiger partial charge in [-0.25, -0.2) is 9.59 Å². The highest BCUT2D eigenvalue weighted by Gasteiger charge is 2.12. The SMILES string of the molecule is CC(=O)OCCCCOc1ccc(C(=O)Oc2ccc(C(=O)Oc3ccc(C#N)cc3)cc2)cc1. The van der Waals surface area contributed by atoms with E-state index in [4.69, 9.17) is 24.2 Å². The predicted molar refractivity (Wildman–Crippen MR) is 125 cm³/mol. The Kier molecular flexibility index (Phi) is 8.97. The van der Waals surface area contributed by atoms with Crippen molar-refractivity contribution in [2.24, 2.45) is 0 Å². The molecule has 8 nitrogen and oxygen atoms in total. The molecule has 0 fully saturated rings. The first-order valence-electron chi connectivity index (χ1n) is 10.9. The first-order valence-corrected chi connectivity index (χ1v) is 10.9. The molecule has 0 N–H and O–H groups in total. The quantitative estimate of drug-likeness (QED) is 0.236. The third kappa shape index (κ3) is 8.02. The molecule has 0 aliphatic rings. The summed E-state index contributed by atoms with van der Waals surface area (Å²) in [6.45, 7) is 2.20. The largest absolute Gasteiger partial charge is 0.494 e. The minimum atomic E-state index is -0.574. The van der Waals surface area contributed by atoms with Gasteiger partial charge in [-0.3, -0.25) is 4.79 Å². The zero-order valence-corrected chi connectivity index (χ0v) is 19.1. The molecule has 0 aliphatic heterocycles. The van der Waals surface area contributed by atoms with Crippen LogP contribution in [0.4, 0.5) is 0 Å². The maximum absolute atomic E-state index is 12.4. The molecule has 0 bridgehead atoms. The van der Waals surface area contributed by atoms with Gasteiger partial charge in [-0.05, 0) is 85.6 Å². The molecule has 0 heterocycles. The fourth-order valence-electron chi connectivity index (χ4n) is 2.89. The molecule has 3 aromatic carbocycles. The average Bonchev–Trinajstić information content (AvgIpc) is 2.87. The molecule has 0 amide bonds. The second kappa shape index (κ2) is 12.6. The first-order chi connectivity index (χ1) is 16.9. The lowest BCUT2D eigenvalue weighted by molar-refractivity contribution is -0.141. The molecule has 0 atom stereocenters. The molecule has 0 saturated heterocycles. The van der Waals surface area contributed by atoms with Crippen LogP contribution in [0.1, 0.15) is 46.0 Å². The van der Waals surface area contributed by atoms with Crippen molar-refractivity contribution in [3.05, 3.63) is 89.5 Å². The van der Waals surface area contributed by atoms with E-state index >= 15 is 0 Å². The number of hydrogen-bond donors (Lipinski definition) is 0. The Morgan fingerprint density at radius 1 is 0.686 bits per heavy atom. The standard InChI is InChI=1S/C27H23NO7/c1-19(29)32-16-2-3-17-33-23-12-6-21(7-13-23)26(30)35-25-14-8-22(9-15-25)27(31)34-24-10-4-20(18-28)5-11-24/h4-15H,2-3,16-17H2,1H3. The van der Waals surface area contributed by atoms with Crippen LogP contribution in [0, 0.1) is 11.3 Å². The average molecular weight is 473 g/mol. The summed E-state index contributed by atoms with van der Waals surface area (Å²) in [7, 11) is 0. The second-order valence-corrected chi connectivity index (χ2v) is 7.36. The van der Waals surface area contributed by atoms with E-state index in [1.54, 1.807) is 36.4 Å². The molecule has 3 rings (SSSR count). The number of carbonyl (C=O) groups excluding carboxylic acids is 3. The normalized spacial score (nSPS) is 10.1. The number of hydrogen-bond acceptors (Lipinski definition) is 8. The minimum absolute atomic E-state index is 0.276. The van der Waals surface area contributed by atoms with Crippen LogP contribution in [0.2, 0.25) is 0 Å². The van der Waals surface area contributed by atoms with E-state index in [-0.39, 0.29) is 17.3 Å². The lowest BCUT2D eigenvalue weighted by Crippen LogP contribution is -2.10. The number of ether oxygens (including phenoxy) is 4. The summed E-state index contributed by atoms with van der Waals surface area (Å²) in [6.07, 6.45) is 1.43. The van der Waals surface area contributed by atoms with Crippen molar-refractivity contribution in [1.82, 2.24) is 0 Å². The third-order valence-corrected chi connectivity index (χ3v) is 4.70. The fourth-order valence-corrected chi connectivity index (χ4v) is 2.89. The van der Waals surface area contributed by atoms with E-state index in [0.29, 0.717) is 42.3 Å². The maximum Gasteiger partial charge on any atom is 0.343 e. The summed E-state index contributed by atoms with van der Waals surface area (Å²) >= 11 is 0. The van der Waals surface area contributed by atoms with E-state index in [9.17, 15) is 14.4 Å². The Hall–Kier alpha value is -4.64. The van der Waals surface area contributed by atoms with Crippen molar-refractivity contribution < 1.29 is 33.3 Å². The molecule has 3 aromatic rings. The monoisotopic (exact) mass is 473 g/mol. The van der Waals surface area contributed by atoms with Crippen LogP contribution in [-0.2, 0) is 9.53 Å².